The van der Waals surface area contributed by atoms with Gasteiger partial charge in [-0.05, 0) is 52.9 Å². The molecule has 4 aromatic carbocycles. The zero-order valence-corrected chi connectivity index (χ0v) is 20.6. The highest BCUT2D eigenvalue weighted by Crippen LogP contribution is 2.46. The van der Waals surface area contributed by atoms with Gasteiger partial charge in [-0.1, -0.05) is 72.8 Å². The van der Waals surface area contributed by atoms with Crippen molar-refractivity contribution in [2.45, 2.75) is 19.5 Å². The third-order valence-electron chi connectivity index (χ3n) is 7.94. The average Bonchev–Trinajstić information content (AvgIpc) is 3.45. The summed E-state index contributed by atoms with van der Waals surface area (Å²) in [6.45, 7) is 7.08. The smallest absolute Gasteiger partial charge is 0.0615 e. The molecule has 1 aliphatic heterocycles. The molecule has 0 radical (unpaired) electrons. The maximum absolute atomic E-state index is 4.89. The van der Waals surface area contributed by atoms with Gasteiger partial charge in [-0.15, -0.1) is 0 Å². The number of rotatable bonds is 4. The van der Waals surface area contributed by atoms with E-state index >= 15 is 0 Å². The third kappa shape index (κ3) is 3.36. The number of hydrogen-bond acceptors (Lipinski definition) is 3. The van der Waals surface area contributed by atoms with E-state index in [9.17, 15) is 0 Å². The molecule has 36 heavy (non-hydrogen) atoms. The van der Waals surface area contributed by atoms with Gasteiger partial charge < -0.3 is 4.57 Å². The number of fused-ring (bicyclic) bond motifs is 6. The number of benzene rings is 4. The summed E-state index contributed by atoms with van der Waals surface area (Å²) in [7, 11) is 0. The van der Waals surface area contributed by atoms with Crippen LogP contribution in [0.15, 0.2) is 96.1 Å². The van der Waals surface area contributed by atoms with Crippen molar-refractivity contribution < 1.29 is 0 Å². The highest BCUT2D eigenvalue weighted by molar-refractivity contribution is 6.09. The first-order valence-electron chi connectivity index (χ1n) is 13.0. The quantitative estimate of drug-likeness (QED) is 0.279. The first-order valence-corrected chi connectivity index (χ1v) is 13.0. The van der Waals surface area contributed by atoms with Crippen molar-refractivity contribution in [3.05, 3.63) is 108 Å². The van der Waals surface area contributed by atoms with Gasteiger partial charge in [0, 0.05) is 54.5 Å². The molecule has 4 nitrogen and oxygen atoms in total. The predicted octanol–water partition coefficient (Wildman–Crippen LogP) is 6.54. The average molecular weight is 471 g/mol. The lowest BCUT2D eigenvalue weighted by Crippen LogP contribution is -2.45. The van der Waals surface area contributed by atoms with Crippen LogP contribution >= 0.6 is 0 Å². The lowest BCUT2D eigenvalue weighted by Gasteiger charge is -2.37. The molecule has 0 N–H and O–H groups in total. The minimum absolute atomic E-state index is 0.349. The summed E-state index contributed by atoms with van der Waals surface area (Å²) in [6.07, 6.45) is 2.04. The summed E-state index contributed by atoms with van der Waals surface area (Å²) >= 11 is 0. The lowest BCUT2D eigenvalue weighted by atomic mass is 10.0. The first-order chi connectivity index (χ1) is 17.8. The Hall–Kier alpha value is -3.89. The van der Waals surface area contributed by atoms with Gasteiger partial charge in [0.2, 0.25) is 0 Å². The van der Waals surface area contributed by atoms with E-state index in [1.165, 1.54) is 44.1 Å². The van der Waals surface area contributed by atoms with Crippen molar-refractivity contribution in [1.82, 2.24) is 14.5 Å². The Morgan fingerprint density at radius 2 is 1.36 bits per heavy atom. The highest BCUT2D eigenvalue weighted by Gasteiger charge is 2.33. The molecule has 2 aliphatic rings. The highest BCUT2D eigenvalue weighted by atomic mass is 15.5. The molecular weight excluding hydrogens is 440 g/mol. The maximum Gasteiger partial charge on any atom is 0.0615 e. The Labute approximate surface area is 212 Å². The van der Waals surface area contributed by atoms with E-state index in [0.29, 0.717) is 6.04 Å². The molecule has 0 unspecified atom stereocenters. The second-order valence-corrected chi connectivity index (χ2v) is 9.85. The molecule has 4 heteroatoms. The van der Waals surface area contributed by atoms with Gasteiger partial charge in [-0.2, -0.15) is 5.10 Å². The van der Waals surface area contributed by atoms with Crippen molar-refractivity contribution in [2.75, 3.05) is 26.2 Å². The van der Waals surface area contributed by atoms with Gasteiger partial charge in [0.25, 0.3) is 0 Å². The summed E-state index contributed by atoms with van der Waals surface area (Å²) in [4.78, 5) is 2.63. The van der Waals surface area contributed by atoms with Crippen LogP contribution in [0.3, 0.4) is 0 Å². The topological polar surface area (TPSA) is 23.8 Å². The normalized spacial score (nSPS) is 16.3. The number of hydrogen-bond donors (Lipinski definition) is 0. The van der Waals surface area contributed by atoms with Crippen molar-refractivity contribution in [3.8, 4) is 11.1 Å². The Morgan fingerprint density at radius 3 is 2.08 bits per heavy atom. The Balaban J connectivity index is 1.10. The number of aromatic nitrogens is 1. The second-order valence-electron chi connectivity index (χ2n) is 9.85. The molecule has 1 aliphatic carbocycles. The molecule has 178 valence electrons. The molecule has 2 heterocycles. The summed E-state index contributed by atoms with van der Waals surface area (Å²) in [6, 6.07) is 33.6. The molecule has 1 saturated heterocycles. The third-order valence-corrected chi connectivity index (χ3v) is 7.94. The van der Waals surface area contributed by atoms with E-state index in [4.69, 9.17) is 5.10 Å². The summed E-state index contributed by atoms with van der Waals surface area (Å²) in [5.74, 6) is 0. The molecule has 7 rings (SSSR count). The molecule has 0 amide bonds. The Kier molecular flexibility index (Phi) is 5.14. The fraction of sp³-hybridized carbons (Fsp3) is 0.219. The number of nitrogens with zero attached hydrogens (tertiary/aromatic N) is 4. The predicted molar refractivity (Wildman–Crippen MR) is 150 cm³/mol. The fourth-order valence-electron chi connectivity index (χ4n) is 6.25. The Bertz CT molecular complexity index is 1560. The molecule has 0 saturated carbocycles. The maximum atomic E-state index is 4.89. The molecule has 1 aromatic heterocycles. The van der Waals surface area contributed by atoms with Crippen molar-refractivity contribution in [1.29, 1.82) is 0 Å². The van der Waals surface area contributed by atoms with Crippen LogP contribution in [-0.2, 0) is 6.54 Å². The Morgan fingerprint density at radius 1 is 0.722 bits per heavy atom. The van der Waals surface area contributed by atoms with Crippen LogP contribution in [0.4, 0.5) is 0 Å². The lowest BCUT2D eigenvalue weighted by molar-refractivity contribution is 0.114. The van der Waals surface area contributed by atoms with Crippen molar-refractivity contribution >= 4 is 28.0 Å². The molecular formula is C32H30N4. The van der Waals surface area contributed by atoms with Crippen molar-refractivity contribution in [2.24, 2.45) is 5.10 Å². The summed E-state index contributed by atoms with van der Waals surface area (Å²) in [5, 5.41) is 9.74. The first kappa shape index (κ1) is 21.4. The van der Waals surface area contributed by atoms with E-state index in [2.05, 4.69) is 112 Å². The van der Waals surface area contributed by atoms with E-state index in [1.54, 1.807) is 0 Å². The molecule has 0 spiro atoms. The van der Waals surface area contributed by atoms with Crippen molar-refractivity contribution in [3.63, 3.8) is 0 Å². The molecule has 0 bridgehead atoms. The zero-order valence-electron chi connectivity index (χ0n) is 20.6. The van der Waals surface area contributed by atoms with Gasteiger partial charge in [0.1, 0.15) is 0 Å². The number of para-hydroxylation sites is 1. The largest absolute Gasteiger partial charge is 0.341 e. The van der Waals surface area contributed by atoms with Gasteiger partial charge in [-0.25, -0.2) is 0 Å². The van der Waals surface area contributed by atoms with Crippen LogP contribution in [0.2, 0.25) is 0 Å². The van der Waals surface area contributed by atoms with Gasteiger partial charge in [0.05, 0.1) is 12.3 Å². The van der Waals surface area contributed by atoms with Crippen LogP contribution in [-0.4, -0.2) is 46.9 Å². The number of aryl methyl sites for hydroxylation is 1. The van der Waals surface area contributed by atoms with E-state index in [0.717, 1.165) is 38.3 Å². The number of piperazine rings is 1. The zero-order chi connectivity index (χ0) is 24.1. The van der Waals surface area contributed by atoms with E-state index < -0.39 is 0 Å². The minimum Gasteiger partial charge on any atom is -0.341 e. The molecule has 5 aromatic rings. The summed E-state index contributed by atoms with van der Waals surface area (Å²) < 4.78 is 2.39. The van der Waals surface area contributed by atoms with Crippen LogP contribution in [0.1, 0.15) is 29.7 Å². The summed E-state index contributed by atoms with van der Waals surface area (Å²) in [5.41, 5.74) is 9.40. The van der Waals surface area contributed by atoms with Crippen LogP contribution in [0.25, 0.3) is 32.9 Å². The molecule has 0 atom stereocenters. The minimum atomic E-state index is 0.349. The monoisotopic (exact) mass is 470 g/mol. The molecule has 1 fully saturated rings. The fourth-order valence-corrected chi connectivity index (χ4v) is 6.25. The number of hydrazone groups is 1. The van der Waals surface area contributed by atoms with Crippen LogP contribution < -0.4 is 0 Å². The van der Waals surface area contributed by atoms with Crippen LogP contribution in [0.5, 0.6) is 0 Å². The van der Waals surface area contributed by atoms with Gasteiger partial charge in [0.15, 0.2) is 0 Å². The van der Waals surface area contributed by atoms with E-state index in [-0.39, 0.29) is 0 Å². The van der Waals surface area contributed by atoms with Gasteiger partial charge >= 0.3 is 0 Å². The SMILES string of the molecule is CCn1c2ccccc2c2cc(/C=N\N3CCN(C4c5ccccc5-c5ccccc54)CC3)ccc21. The standard InChI is InChI=1S/C32H30N4/c1-2-36-30-14-8-7-11-26(30)29-21-23(15-16-31(29)36)22-33-35-19-17-34(18-20-35)32-27-12-5-3-9-24(27)25-10-4-6-13-28(25)32/h3-16,21-22,32H,2,17-20H2,1H3/b33-22-. The second kappa shape index (κ2) is 8.65. The van der Waals surface area contributed by atoms with Crippen LogP contribution in [0, 0.1) is 0 Å². The van der Waals surface area contributed by atoms with E-state index in [1.807, 2.05) is 6.21 Å². The van der Waals surface area contributed by atoms with Gasteiger partial charge in [-0.3, -0.25) is 9.91 Å².